The molecule has 3 heteroatoms. The summed E-state index contributed by atoms with van der Waals surface area (Å²) in [4.78, 5) is 2.39. The minimum atomic E-state index is 0.552. The molecule has 0 bridgehead atoms. The number of anilines is 1. The van der Waals surface area contributed by atoms with Gasteiger partial charge in [0.2, 0.25) is 0 Å². The molecule has 1 aliphatic rings. The Morgan fingerprint density at radius 1 is 1.26 bits per heavy atom. The number of nitrogens with one attached hydrogen (secondary N) is 1. The number of benzene rings is 1. The molecule has 0 radical (unpaired) electrons. The molecule has 1 aromatic carbocycles. The quantitative estimate of drug-likeness (QED) is 0.881. The number of hydrogen-bond acceptors (Lipinski definition) is 3. The molecule has 0 amide bonds. The van der Waals surface area contributed by atoms with Gasteiger partial charge in [0.25, 0.3) is 0 Å². The van der Waals surface area contributed by atoms with Crippen LogP contribution in [0.5, 0.6) is 5.75 Å². The third kappa shape index (κ3) is 4.43. The first-order valence-corrected chi connectivity index (χ1v) is 7.32. The first-order chi connectivity index (χ1) is 9.15. The van der Waals surface area contributed by atoms with Crippen LogP contribution in [0.3, 0.4) is 0 Å². The Hall–Kier alpha value is -1.22. The van der Waals surface area contributed by atoms with Crippen molar-refractivity contribution in [2.45, 2.75) is 32.7 Å². The third-order valence-electron chi connectivity index (χ3n) is 3.54. The van der Waals surface area contributed by atoms with E-state index in [0.717, 1.165) is 18.0 Å². The predicted octanol–water partition coefficient (Wildman–Crippen LogP) is 3.23. The van der Waals surface area contributed by atoms with Crippen LogP contribution in [0.1, 0.15) is 26.7 Å². The lowest BCUT2D eigenvalue weighted by Gasteiger charge is -2.30. The van der Waals surface area contributed by atoms with Crippen molar-refractivity contribution < 1.29 is 4.74 Å². The molecular weight excluding hydrogens is 236 g/mol. The van der Waals surface area contributed by atoms with E-state index in [1.807, 2.05) is 6.07 Å². The van der Waals surface area contributed by atoms with E-state index >= 15 is 0 Å². The molecule has 1 heterocycles. The van der Waals surface area contributed by atoms with Crippen LogP contribution >= 0.6 is 0 Å². The van der Waals surface area contributed by atoms with Crippen molar-refractivity contribution >= 4 is 5.69 Å². The first-order valence-electron chi connectivity index (χ1n) is 7.32. The smallest absolute Gasteiger partial charge is 0.142 e. The predicted molar refractivity (Wildman–Crippen MR) is 80.9 cm³/mol. The van der Waals surface area contributed by atoms with E-state index in [0.29, 0.717) is 12.0 Å². The summed E-state index contributed by atoms with van der Waals surface area (Å²) in [6, 6.07) is 8.85. The molecular formula is C16H26N2O. The van der Waals surface area contributed by atoms with Gasteiger partial charge in [0.05, 0.1) is 12.3 Å². The molecule has 106 valence electrons. The first kappa shape index (κ1) is 14.2. The van der Waals surface area contributed by atoms with Gasteiger partial charge in [-0.3, -0.25) is 0 Å². The standard InChI is InChI=1S/C16H26N2O/c1-13(2)12-19-16-7-5-4-6-15(16)17-14-8-10-18(3)11-9-14/h4-7,13-14,17H,8-12H2,1-3H3. The van der Waals surface area contributed by atoms with Crippen molar-refractivity contribution in [2.75, 3.05) is 32.1 Å². The highest BCUT2D eigenvalue weighted by Crippen LogP contribution is 2.26. The fraction of sp³-hybridized carbons (Fsp3) is 0.625. The minimum Gasteiger partial charge on any atom is -0.491 e. The van der Waals surface area contributed by atoms with Crippen LogP contribution in [0.2, 0.25) is 0 Å². The second kappa shape index (κ2) is 6.80. The summed E-state index contributed by atoms with van der Waals surface area (Å²) in [5.41, 5.74) is 1.14. The number of likely N-dealkylation sites (tertiary alicyclic amines) is 1. The number of nitrogens with zero attached hydrogens (tertiary/aromatic N) is 1. The Balaban J connectivity index is 1.95. The van der Waals surface area contributed by atoms with Gasteiger partial charge in [-0.25, -0.2) is 0 Å². The molecule has 0 saturated carbocycles. The number of hydrogen-bond donors (Lipinski definition) is 1. The van der Waals surface area contributed by atoms with Gasteiger partial charge in [0, 0.05) is 6.04 Å². The van der Waals surface area contributed by atoms with Crippen LogP contribution in [0, 0.1) is 5.92 Å². The van der Waals surface area contributed by atoms with Crippen molar-refractivity contribution in [3.8, 4) is 5.75 Å². The Kier molecular flexibility index (Phi) is 5.08. The zero-order valence-corrected chi connectivity index (χ0v) is 12.4. The van der Waals surface area contributed by atoms with Gasteiger partial charge in [-0.05, 0) is 51.0 Å². The maximum Gasteiger partial charge on any atom is 0.142 e. The lowest BCUT2D eigenvalue weighted by molar-refractivity contribution is 0.260. The van der Waals surface area contributed by atoms with Crippen LogP contribution in [0.15, 0.2) is 24.3 Å². The number of ether oxygens (including phenoxy) is 1. The van der Waals surface area contributed by atoms with Crippen molar-refractivity contribution in [1.82, 2.24) is 4.90 Å². The summed E-state index contributed by atoms with van der Waals surface area (Å²) in [5.74, 6) is 1.53. The highest BCUT2D eigenvalue weighted by atomic mass is 16.5. The van der Waals surface area contributed by atoms with E-state index in [1.54, 1.807) is 0 Å². The second-order valence-corrected chi connectivity index (χ2v) is 5.92. The molecule has 1 N–H and O–H groups in total. The molecule has 0 unspecified atom stereocenters. The summed E-state index contributed by atoms with van der Waals surface area (Å²) in [5, 5.41) is 3.64. The van der Waals surface area contributed by atoms with Gasteiger partial charge in [-0.2, -0.15) is 0 Å². The van der Waals surface area contributed by atoms with Gasteiger partial charge < -0.3 is 15.0 Å². The summed E-state index contributed by atoms with van der Waals surface area (Å²) < 4.78 is 5.89. The fourth-order valence-corrected chi connectivity index (χ4v) is 2.34. The van der Waals surface area contributed by atoms with Gasteiger partial charge in [-0.1, -0.05) is 26.0 Å². The fourth-order valence-electron chi connectivity index (χ4n) is 2.34. The molecule has 1 aliphatic heterocycles. The molecule has 19 heavy (non-hydrogen) atoms. The maximum atomic E-state index is 5.89. The number of piperidine rings is 1. The lowest BCUT2D eigenvalue weighted by atomic mass is 10.1. The van der Waals surface area contributed by atoms with Crippen LogP contribution in [-0.4, -0.2) is 37.7 Å². The number of rotatable bonds is 5. The van der Waals surface area contributed by atoms with E-state index in [-0.39, 0.29) is 0 Å². The summed E-state index contributed by atoms with van der Waals surface area (Å²) >= 11 is 0. The number of para-hydroxylation sites is 2. The Morgan fingerprint density at radius 3 is 2.63 bits per heavy atom. The third-order valence-corrected chi connectivity index (χ3v) is 3.54. The van der Waals surface area contributed by atoms with Crippen LogP contribution < -0.4 is 10.1 Å². The van der Waals surface area contributed by atoms with E-state index in [9.17, 15) is 0 Å². The lowest BCUT2D eigenvalue weighted by Crippen LogP contribution is -2.36. The molecule has 0 atom stereocenters. The monoisotopic (exact) mass is 262 g/mol. The molecule has 3 nitrogen and oxygen atoms in total. The van der Waals surface area contributed by atoms with Crippen LogP contribution in [-0.2, 0) is 0 Å². The topological polar surface area (TPSA) is 24.5 Å². The van der Waals surface area contributed by atoms with Crippen molar-refractivity contribution in [1.29, 1.82) is 0 Å². The molecule has 1 aromatic rings. The highest BCUT2D eigenvalue weighted by molar-refractivity contribution is 5.56. The summed E-state index contributed by atoms with van der Waals surface area (Å²) in [6.45, 7) is 7.46. The highest BCUT2D eigenvalue weighted by Gasteiger charge is 2.17. The van der Waals surface area contributed by atoms with E-state index in [4.69, 9.17) is 4.74 Å². The van der Waals surface area contributed by atoms with E-state index < -0.39 is 0 Å². The molecule has 1 fully saturated rings. The van der Waals surface area contributed by atoms with Gasteiger partial charge in [0.15, 0.2) is 0 Å². The Bertz CT molecular complexity index is 384. The SMILES string of the molecule is CC(C)COc1ccccc1NC1CCN(C)CC1. The normalized spacial score (nSPS) is 17.7. The summed E-state index contributed by atoms with van der Waals surface area (Å²) in [6.07, 6.45) is 2.41. The van der Waals surface area contributed by atoms with E-state index in [2.05, 4.69) is 49.3 Å². The summed E-state index contributed by atoms with van der Waals surface area (Å²) in [7, 11) is 2.19. The zero-order chi connectivity index (χ0) is 13.7. The van der Waals surface area contributed by atoms with Gasteiger partial charge in [-0.15, -0.1) is 0 Å². The van der Waals surface area contributed by atoms with Crippen molar-refractivity contribution in [3.63, 3.8) is 0 Å². The molecule has 0 aromatic heterocycles. The minimum absolute atomic E-state index is 0.552. The molecule has 0 spiro atoms. The second-order valence-electron chi connectivity index (χ2n) is 5.92. The largest absolute Gasteiger partial charge is 0.491 e. The molecule has 0 aliphatic carbocycles. The maximum absolute atomic E-state index is 5.89. The van der Waals surface area contributed by atoms with E-state index in [1.165, 1.54) is 25.9 Å². The van der Waals surface area contributed by atoms with Gasteiger partial charge >= 0.3 is 0 Å². The average Bonchev–Trinajstić information content (AvgIpc) is 2.40. The van der Waals surface area contributed by atoms with Gasteiger partial charge in [0.1, 0.15) is 5.75 Å². The zero-order valence-electron chi connectivity index (χ0n) is 12.4. The van der Waals surface area contributed by atoms with Crippen LogP contribution in [0.25, 0.3) is 0 Å². The van der Waals surface area contributed by atoms with Crippen molar-refractivity contribution in [3.05, 3.63) is 24.3 Å². The van der Waals surface area contributed by atoms with Crippen LogP contribution in [0.4, 0.5) is 5.69 Å². The molecule has 1 saturated heterocycles. The molecule has 2 rings (SSSR count). The average molecular weight is 262 g/mol. The van der Waals surface area contributed by atoms with Crippen molar-refractivity contribution in [2.24, 2.45) is 5.92 Å². The Labute approximate surface area is 116 Å². The Morgan fingerprint density at radius 2 is 1.95 bits per heavy atom.